The van der Waals surface area contributed by atoms with Gasteiger partial charge in [0.15, 0.2) is 0 Å². The Morgan fingerprint density at radius 2 is 1.68 bits per heavy atom. The molecular weight excluding hydrogens is 242 g/mol. The lowest BCUT2D eigenvalue weighted by Crippen LogP contribution is -2.11. The zero-order chi connectivity index (χ0) is 13.5. The van der Waals surface area contributed by atoms with Gasteiger partial charge in [0.05, 0.1) is 6.67 Å². The van der Waals surface area contributed by atoms with Crippen LogP contribution < -0.4 is 0 Å². The van der Waals surface area contributed by atoms with Crippen LogP contribution in [0.3, 0.4) is 0 Å². The second kappa shape index (κ2) is 7.42. The molecule has 0 saturated heterocycles. The van der Waals surface area contributed by atoms with Crippen molar-refractivity contribution in [2.45, 2.75) is 44.7 Å². The van der Waals surface area contributed by atoms with E-state index in [2.05, 4.69) is 18.2 Å². The molecule has 0 nitrogen and oxygen atoms in total. The first kappa shape index (κ1) is 14.2. The zero-order valence-corrected chi connectivity index (χ0v) is 11.3. The topological polar surface area (TPSA) is 0 Å². The van der Waals surface area contributed by atoms with Gasteiger partial charge in [-0.2, -0.15) is 0 Å². The lowest BCUT2D eigenvalue weighted by molar-refractivity contribution is 0.375. The number of allylic oxidation sites excluding steroid dienone is 2. The molecule has 1 saturated carbocycles. The third kappa shape index (κ3) is 4.15. The second-order valence-corrected chi connectivity index (χ2v) is 5.39. The number of alkyl halides is 2. The van der Waals surface area contributed by atoms with E-state index in [4.69, 9.17) is 0 Å². The summed E-state index contributed by atoms with van der Waals surface area (Å²) in [5.74, 6) is 1.23. The van der Waals surface area contributed by atoms with Crippen molar-refractivity contribution >= 4 is 0 Å². The van der Waals surface area contributed by atoms with Crippen LogP contribution in [0.25, 0.3) is 0 Å². The summed E-state index contributed by atoms with van der Waals surface area (Å²) < 4.78 is 24.5. The first-order chi connectivity index (χ1) is 9.33. The molecule has 0 amide bonds. The molecule has 0 aromatic heterocycles. The minimum absolute atomic E-state index is 0.257. The molecule has 0 N–H and O–H groups in total. The third-order valence-corrected chi connectivity index (χ3v) is 4.06. The fourth-order valence-corrected chi connectivity index (χ4v) is 2.88. The Hall–Kier alpha value is -1.18. The molecular formula is C17H22F2. The first-order valence-electron chi connectivity index (χ1n) is 7.21. The van der Waals surface area contributed by atoms with Gasteiger partial charge in [-0.3, -0.25) is 4.39 Å². The number of hydrogen-bond acceptors (Lipinski definition) is 0. The molecule has 1 aromatic rings. The molecule has 2 heteroatoms. The maximum atomic E-state index is 12.5. The van der Waals surface area contributed by atoms with E-state index in [0.717, 1.165) is 5.56 Å². The van der Waals surface area contributed by atoms with Gasteiger partial charge in [-0.1, -0.05) is 36.4 Å². The Morgan fingerprint density at radius 1 is 1.00 bits per heavy atom. The minimum atomic E-state index is -0.383. The summed E-state index contributed by atoms with van der Waals surface area (Å²) in [6, 6.07) is 7.92. The number of halogens is 2. The molecule has 1 aliphatic carbocycles. The van der Waals surface area contributed by atoms with Gasteiger partial charge in [0.1, 0.15) is 6.67 Å². The summed E-state index contributed by atoms with van der Waals surface area (Å²) in [6.07, 6.45) is 9.42. The van der Waals surface area contributed by atoms with Gasteiger partial charge in [-0.15, -0.1) is 0 Å². The molecule has 104 valence electrons. The van der Waals surface area contributed by atoms with Crippen LogP contribution in [0.4, 0.5) is 8.78 Å². The van der Waals surface area contributed by atoms with Gasteiger partial charge in [0.25, 0.3) is 0 Å². The smallest absolute Gasteiger partial charge is 0.115 e. The van der Waals surface area contributed by atoms with Crippen molar-refractivity contribution < 1.29 is 8.78 Å². The highest BCUT2D eigenvalue weighted by Gasteiger charge is 2.20. The maximum absolute atomic E-state index is 12.5. The average Bonchev–Trinajstić information content (AvgIpc) is 2.48. The summed E-state index contributed by atoms with van der Waals surface area (Å²) in [4.78, 5) is 0. The second-order valence-electron chi connectivity index (χ2n) is 5.39. The highest BCUT2D eigenvalue weighted by atomic mass is 19.1. The minimum Gasteiger partial charge on any atom is -0.251 e. The molecule has 0 aliphatic heterocycles. The molecule has 0 atom stereocenters. The van der Waals surface area contributed by atoms with Crippen LogP contribution in [-0.2, 0) is 6.67 Å². The highest BCUT2D eigenvalue weighted by molar-refractivity contribution is 5.25. The van der Waals surface area contributed by atoms with Crippen molar-refractivity contribution in [2.24, 2.45) is 5.92 Å². The Bertz CT molecular complexity index is 386. The fraction of sp³-hybridized carbons (Fsp3) is 0.529. The van der Waals surface area contributed by atoms with Crippen LogP contribution in [-0.4, -0.2) is 6.67 Å². The average molecular weight is 264 g/mol. The number of benzene rings is 1. The lowest BCUT2D eigenvalue weighted by Gasteiger charge is -2.27. The molecule has 0 radical (unpaired) electrons. The monoisotopic (exact) mass is 264 g/mol. The van der Waals surface area contributed by atoms with E-state index in [1.165, 1.54) is 31.2 Å². The predicted molar refractivity (Wildman–Crippen MR) is 75.7 cm³/mol. The normalized spacial score (nSPS) is 23.9. The van der Waals surface area contributed by atoms with Crippen LogP contribution >= 0.6 is 0 Å². The molecule has 1 aromatic carbocycles. The van der Waals surface area contributed by atoms with Gasteiger partial charge in [-0.25, -0.2) is 4.39 Å². The van der Waals surface area contributed by atoms with Crippen molar-refractivity contribution in [2.75, 3.05) is 6.67 Å². The zero-order valence-electron chi connectivity index (χ0n) is 11.3. The van der Waals surface area contributed by atoms with Crippen LogP contribution in [0.1, 0.15) is 49.1 Å². The molecule has 0 unspecified atom stereocenters. The number of hydrogen-bond donors (Lipinski definition) is 0. The molecule has 1 aliphatic rings. The standard InChI is InChI=1S/C17H22F2/c18-12-2-1-3-14-4-8-16(9-5-14)17-10-6-15(13-19)7-11-17/h1,3,6-7,10-11,14,16H,2,4-5,8-9,12-13H2. The van der Waals surface area contributed by atoms with E-state index < -0.39 is 0 Å². The first-order valence-corrected chi connectivity index (χ1v) is 7.21. The molecule has 0 heterocycles. The van der Waals surface area contributed by atoms with E-state index in [0.29, 0.717) is 18.3 Å². The van der Waals surface area contributed by atoms with Crippen LogP contribution in [0.15, 0.2) is 36.4 Å². The summed E-state index contributed by atoms with van der Waals surface area (Å²) in [5.41, 5.74) is 2.09. The molecule has 0 bridgehead atoms. The van der Waals surface area contributed by atoms with E-state index in [1.807, 2.05) is 18.2 Å². The van der Waals surface area contributed by atoms with Crippen molar-refractivity contribution in [3.8, 4) is 0 Å². The van der Waals surface area contributed by atoms with E-state index in [9.17, 15) is 8.78 Å². The van der Waals surface area contributed by atoms with Gasteiger partial charge < -0.3 is 0 Å². The summed E-state index contributed by atoms with van der Waals surface area (Å²) in [5, 5.41) is 0. The van der Waals surface area contributed by atoms with Gasteiger partial charge in [0.2, 0.25) is 0 Å². The van der Waals surface area contributed by atoms with Crippen molar-refractivity contribution in [3.63, 3.8) is 0 Å². The molecule has 0 spiro atoms. The van der Waals surface area contributed by atoms with Crippen molar-refractivity contribution in [1.29, 1.82) is 0 Å². The van der Waals surface area contributed by atoms with Gasteiger partial charge in [0, 0.05) is 0 Å². The quantitative estimate of drug-likeness (QED) is 0.629. The maximum Gasteiger partial charge on any atom is 0.115 e. The Kier molecular flexibility index (Phi) is 5.56. The van der Waals surface area contributed by atoms with Gasteiger partial charge in [-0.05, 0) is 55.1 Å². The lowest BCUT2D eigenvalue weighted by atomic mass is 9.78. The SMILES string of the molecule is FCCC=CC1CCC(c2ccc(CF)cc2)CC1. The highest BCUT2D eigenvalue weighted by Crippen LogP contribution is 2.36. The van der Waals surface area contributed by atoms with Crippen molar-refractivity contribution in [3.05, 3.63) is 47.5 Å². The molecule has 19 heavy (non-hydrogen) atoms. The molecule has 2 rings (SSSR count). The van der Waals surface area contributed by atoms with E-state index in [-0.39, 0.29) is 13.3 Å². The summed E-state index contributed by atoms with van der Waals surface area (Å²) >= 11 is 0. The van der Waals surface area contributed by atoms with E-state index >= 15 is 0 Å². The van der Waals surface area contributed by atoms with Crippen LogP contribution in [0, 0.1) is 5.92 Å². The van der Waals surface area contributed by atoms with Crippen LogP contribution in [0.5, 0.6) is 0 Å². The molecule has 1 fully saturated rings. The fourth-order valence-electron chi connectivity index (χ4n) is 2.88. The van der Waals surface area contributed by atoms with E-state index in [1.54, 1.807) is 0 Å². The predicted octanol–water partition coefficient (Wildman–Crippen LogP) is 5.35. The Morgan fingerprint density at radius 3 is 2.26 bits per heavy atom. The Balaban J connectivity index is 1.85. The number of rotatable bonds is 5. The summed E-state index contributed by atoms with van der Waals surface area (Å²) in [7, 11) is 0. The van der Waals surface area contributed by atoms with Crippen LogP contribution in [0.2, 0.25) is 0 Å². The summed E-state index contributed by atoms with van der Waals surface area (Å²) in [6.45, 7) is -0.640. The largest absolute Gasteiger partial charge is 0.251 e. The Labute approximate surface area is 114 Å². The van der Waals surface area contributed by atoms with Gasteiger partial charge >= 0.3 is 0 Å². The third-order valence-electron chi connectivity index (χ3n) is 4.06. The van der Waals surface area contributed by atoms with Crippen molar-refractivity contribution in [1.82, 2.24) is 0 Å².